The highest BCUT2D eigenvalue weighted by Crippen LogP contribution is 2.33. The number of amides is 1. The summed E-state index contributed by atoms with van der Waals surface area (Å²) < 4.78 is 5.13. The first kappa shape index (κ1) is 16.5. The number of nitrogens with zero attached hydrogens (tertiary/aromatic N) is 2. The number of rotatable bonds is 5. The van der Waals surface area contributed by atoms with E-state index in [0.29, 0.717) is 30.8 Å². The standard InChI is InChI=1S/C17H22N2O3/c1-22-9-7-17(13-20)6-3-8-19(12-17)16(21)15-5-2-4-14(10-15)11-18/h2,4-5,10,20H,3,6-9,12-13H2,1H3. The number of aliphatic hydroxyl groups is 1. The van der Waals surface area contributed by atoms with Crippen LogP contribution in [0.5, 0.6) is 0 Å². The number of hydrogen-bond acceptors (Lipinski definition) is 4. The van der Waals surface area contributed by atoms with Crippen molar-refractivity contribution in [3.8, 4) is 6.07 Å². The third kappa shape index (κ3) is 3.65. The second-order valence-electron chi connectivity index (χ2n) is 5.92. The zero-order valence-electron chi connectivity index (χ0n) is 12.9. The topological polar surface area (TPSA) is 73.6 Å². The molecule has 1 unspecified atom stereocenters. The second kappa shape index (κ2) is 7.39. The van der Waals surface area contributed by atoms with Gasteiger partial charge in [0, 0.05) is 37.8 Å². The number of benzene rings is 1. The molecule has 118 valence electrons. The van der Waals surface area contributed by atoms with E-state index >= 15 is 0 Å². The summed E-state index contributed by atoms with van der Waals surface area (Å²) in [6.07, 6.45) is 2.50. The van der Waals surface area contributed by atoms with Crippen molar-refractivity contribution in [2.45, 2.75) is 19.3 Å². The molecule has 1 aliphatic rings. The largest absolute Gasteiger partial charge is 0.396 e. The molecule has 5 heteroatoms. The fraction of sp³-hybridized carbons (Fsp3) is 0.529. The maximum atomic E-state index is 12.6. The lowest BCUT2D eigenvalue weighted by atomic mass is 9.78. The third-order valence-corrected chi connectivity index (χ3v) is 4.36. The molecule has 22 heavy (non-hydrogen) atoms. The summed E-state index contributed by atoms with van der Waals surface area (Å²) in [7, 11) is 1.64. The van der Waals surface area contributed by atoms with Crippen LogP contribution >= 0.6 is 0 Å². The second-order valence-corrected chi connectivity index (χ2v) is 5.92. The summed E-state index contributed by atoms with van der Waals surface area (Å²) >= 11 is 0. The van der Waals surface area contributed by atoms with E-state index in [-0.39, 0.29) is 17.9 Å². The number of piperidine rings is 1. The zero-order valence-corrected chi connectivity index (χ0v) is 12.9. The molecule has 1 aliphatic heterocycles. The van der Waals surface area contributed by atoms with Crippen molar-refractivity contribution in [1.82, 2.24) is 4.90 Å². The van der Waals surface area contributed by atoms with Crippen LogP contribution in [0.1, 0.15) is 35.2 Å². The summed E-state index contributed by atoms with van der Waals surface area (Å²) in [5.74, 6) is -0.0768. The highest BCUT2D eigenvalue weighted by molar-refractivity contribution is 5.94. The van der Waals surface area contributed by atoms with Gasteiger partial charge in [-0.1, -0.05) is 6.07 Å². The van der Waals surface area contributed by atoms with E-state index in [1.165, 1.54) is 0 Å². The molecule has 0 aliphatic carbocycles. The van der Waals surface area contributed by atoms with E-state index in [2.05, 4.69) is 6.07 Å². The fourth-order valence-corrected chi connectivity index (χ4v) is 3.02. The molecule has 1 N–H and O–H groups in total. The lowest BCUT2D eigenvalue weighted by Crippen LogP contribution is -2.48. The fourth-order valence-electron chi connectivity index (χ4n) is 3.02. The third-order valence-electron chi connectivity index (χ3n) is 4.36. The van der Waals surface area contributed by atoms with Gasteiger partial charge >= 0.3 is 0 Å². The highest BCUT2D eigenvalue weighted by Gasteiger charge is 2.36. The predicted molar refractivity (Wildman–Crippen MR) is 82.3 cm³/mol. The first-order chi connectivity index (χ1) is 10.6. The zero-order chi connectivity index (χ0) is 16.0. The molecule has 0 bridgehead atoms. The van der Waals surface area contributed by atoms with E-state index in [1.54, 1.807) is 36.3 Å². The van der Waals surface area contributed by atoms with Crippen molar-refractivity contribution < 1.29 is 14.6 Å². The Morgan fingerprint density at radius 2 is 2.36 bits per heavy atom. The van der Waals surface area contributed by atoms with Gasteiger partial charge in [0.05, 0.1) is 18.2 Å². The van der Waals surface area contributed by atoms with E-state index in [1.807, 2.05) is 0 Å². The molecule has 0 spiro atoms. The Morgan fingerprint density at radius 1 is 1.55 bits per heavy atom. The molecule has 1 saturated heterocycles. The van der Waals surface area contributed by atoms with Crippen LogP contribution in [0.15, 0.2) is 24.3 Å². The summed E-state index contributed by atoms with van der Waals surface area (Å²) in [5, 5.41) is 18.7. The quantitative estimate of drug-likeness (QED) is 0.900. The normalized spacial score (nSPS) is 21.4. The predicted octanol–water partition coefficient (Wildman–Crippen LogP) is 1.81. The van der Waals surface area contributed by atoms with Crippen LogP contribution in [0.25, 0.3) is 0 Å². The minimum absolute atomic E-state index is 0.0539. The molecule has 1 fully saturated rings. The van der Waals surface area contributed by atoms with Crippen LogP contribution in [0.2, 0.25) is 0 Å². The number of nitriles is 1. The Balaban J connectivity index is 2.14. The Morgan fingerprint density at radius 3 is 3.05 bits per heavy atom. The molecule has 1 aromatic rings. The number of methoxy groups -OCH3 is 1. The van der Waals surface area contributed by atoms with Crippen molar-refractivity contribution >= 4 is 5.91 Å². The average Bonchev–Trinajstić information content (AvgIpc) is 2.59. The first-order valence-corrected chi connectivity index (χ1v) is 7.53. The smallest absolute Gasteiger partial charge is 0.253 e. The molecule has 1 amide bonds. The lowest BCUT2D eigenvalue weighted by molar-refractivity contribution is 0.00898. The van der Waals surface area contributed by atoms with Gasteiger partial charge in [-0.05, 0) is 37.5 Å². The number of hydrogen-bond donors (Lipinski definition) is 1. The van der Waals surface area contributed by atoms with Crippen molar-refractivity contribution in [2.24, 2.45) is 5.41 Å². The SMILES string of the molecule is COCCC1(CO)CCCN(C(=O)c2cccc(C#N)c2)C1. The molecule has 5 nitrogen and oxygen atoms in total. The molecule has 0 aromatic heterocycles. The summed E-state index contributed by atoms with van der Waals surface area (Å²) in [6, 6.07) is 8.81. The van der Waals surface area contributed by atoms with Crippen molar-refractivity contribution in [2.75, 3.05) is 33.4 Å². The van der Waals surface area contributed by atoms with Crippen LogP contribution in [0.4, 0.5) is 0 Å². The number of carbonyl (C=O) groups is 1. The first-order valence-electron chi connectivity index (χ1n) is 7.53. The van der Waals surface area contributed by atoms with Gasteiger partial charge in [-0.3, -0.25) is 4.79 Å². The molecular weight excluding hydrogens is 280 g/mol. The molecule has 1 atom stereocenters. The summed E-state index contributed by atoms with van der Waals surface area (Å²) in [5.41, 5.74) is 0.728. The van der Waals surface area contributed by atoms with Crippen molar-refractivity contribution in [3.05, 3.63) is 35.4 Å². The van der Waals surface area contributed by atoms with E-state index < -0.39 is 0 Å². The maximum absolute atomic E-state index is 12.6. The van der Waals surface area contributed by atoms with Crippen LogP contribution < -0.4 is 0 Å². The molecule has 0 radical (unpaired) electrons. The Bertz CT molecular complexity index is 567. The monoisotopic (exact) mass is 302 g/mol. The van der Waals surface area contributed by atoms with Gasteiger partial charge in [-0.2, -0.15) is 5.26 Å². The Hall–Kier alpha value is -1.90. The van der Waals surface area contributed by atoms with Gasteiger partial charge in [-0.15, -0.1) is 0 Å². The number of aliphatic hydroxyl groups excluding tert-OH is 1. The highest BCUT2D eigenvalue weighted by atomic mass is 16.5. The van der Waals surface area contributed by atoms with E-state index in [4.69, 9.17) is 10.00 Å². The van der Waals surface area contributed by atoms with Gasteiger partial charge in [0.2, 0.25) is 0 Å². The Kier molecular flexibility index (Phi) is 5.53. The van der Waals surface area contributed by atoms with Crippen LogP contribution in [0.3, 0.4) is 0 Å². The van der Waals surface area contributed by atoms with Crippen molar-refractivity contribution in [3.63, 3.8) is 0 Å². The molecular formula is C17H22N2O3. The van der Waals surface area contributed by atoms with E-state index in [0.717, 1.165) is 19.3 Å². The summed E-state index contributed by atoms with van der Waals surface area (Å²) in [6.45, 7) is 1.84. The maximum Gasteiger partial charge on any atom is 0.253 e. The van der Waals surface area contributed by atoms with Gasteiger partial charge in [0.15, 0.2) is 0 Å². The van der Waals surface area contributed by atoms with Crippen LogP contribution in [-0.4, -0.2) is 49.3 Å². The van der Waals surface area contributed by atoms with E-state index in [9.17, 15) is 9.90 Å². The van der Waals surface area contributed by atoms with Gasteiger partial charge in [0.25, 0.3) is 5.91 Å². The van der Waals surface area contributed by atoms with Crippen LogP contribution in [-0.2, 0) is 4.74 Å². The average molecular weight is 302 g/mol. The van der Waals surface area contributed by atoms with Gasteiger partial charge in [-0.25, -0.2) is 0 Å². The van der Waals surface area contributed by atoms with Crippen LogP contribution in [0, 0.1) is 16.7 Å². The number of ether oxygens (including phenoxy) is 1. The lowest BCUT2D eigenvalue weighted by Gasteiger charge is -2.41. The number of likely N-dealkylation sites (tertiary alicyclic amines) is 1. The minimum Gasteiger partial charge on any atom is -0.396 e. The molecule has 1 aromatic carbocycles. The minimum atomic E-state index is -0.281. The Labute approximate surface area is 131 Å². The van der Waals surface area contributed by atoms with Gasteiger partial charge in [0.1, 0.15) is 0 Å². The van der Waals surface area contributed by atoms with Gasteiger partial charge < -0.3 is 14.7 Å². The number of carbonyl (C=O) groups excluding carboxylic acids is 1. The molecule has 0 saturated carbocycles. The van der Waals surface area contributed by atoms with Crippen molar-refractivity contribution in [1.29, 1.82) is 5.26 Å². The molecule has 2 rings (SSSR count). The molecule has 1 heterocycles. The summed E-state index contributed by atoms with van der Waals surface area (Å²) in [4.78, 5) is 14.4.